The second-order valence-electron chi connectivity index (χ2n) is 8.54. The van der Waals surface area contributed by atoms with Crippen molar-refractivity contribution >= 4 is 28.3 Å². The minimum atomic E-state index is -0.973. The number of carbonyl (C=O) groups excluding carboxylic acids is 1. The molecule has 5 rings (SSSR count). The van der Waals surface area contributed by atoms with Crippen LogP contribution in [0.1, 0.15) is 43.0 Å². The van der Waals surface area contributed by atoms with Crippen LogP contribution in [-0.2, 0) is 19.4 Å². The average molecular weight is 453 g/mol. The van der Waals surface area contributed by atoms with E-state index in [1.54, 1.807) is 36.4 Å². The van der Waals surface area contributed by atoms with E-state index in [-0.39, 0.29) is 17.2 Å². The molecule has 6 heteroatoms. The normalized spacial score (nSPS) is 12.2. The fraction of sp³-hybridized carbons (Fsp3) is 0.143. The lowest BCUT2D eigenvalue weighted by Gasteiger charge is -2.11. The first-order chi connectivity index (χ1) is 16.5. The van der Waals surface area contributed by atoms with Crippen molar-refractivity contribution in [3.8, 4) is 5.75 Å². The fourth-order valence-corrected chi connectivity index (χ4v) is 4.37. The highest BCUT2D eigenvalue weighted by Gasteiger charge is 2.13. The number of carboxylic acid groups (broad SMARTS) is 1. The van der Waals surface area contributed by atoms with Crippen LogP contribution in [0, 0.1) is 0 Å². The Hall–Kier alpha value is -4.32. The highest BCUT2D eigenvalue weighted by atomic mass is 16.4. The van der Waals surface area contributed by atoms with E-state index in [4.69, 9.17) is 5.11 Å². The summed E-state index contributed by atoms with van der Waals surface area (Å²) in [5.41, 5.74) is 5.78. The summed E-state index contributed by atoms with van der Waals surface area (Å²) < 4.78 is 0. The van der Waals surface area contributed by atoms with E-state index in [0.717, 1.165) is 35.2 Å². The summed E-state index contributed by atoms with van der Waals surface area (Å²) in [4.78, 5) is 23.9. The van der Waals surface area contributed by atoms with Crippen LogP contribution < -0.4 is 10.6 Å². The molecular weight excluding hydrogens is 428 g/mol. The van der Waals surface area contributed by atoms with Crippen molar-refractivity contribution in [2.24, 2.45) is 0 Å². The fourth-order valence-electron chi connectivity index (χ4n) is 4.37. The van der Waals surface area contributed by atoms with Crippen LogP contribution in [0.15, 0.2) is 72.8 Å². The van der Waals surface area contributed by atoms with Crippen molar-refractivity contribution in [1.29, 1.82) is 0 Å². The van der Waals surface area contributed by atoms with Gasteiger partial charge in [0.05, 0.1) is 5.56 Å². The molecule has 1 aliphatic rings. The molecule has 0 aromatic heterocycles. The number of phenolic OH excluding ortho intramolecular Hbond substituents is 1. The number of phenols is 1. The van der Waals surface area contributed by atoms with Crippen LogP contribution in [0.5, 0.6) is 5.75 Å². The first-order valence-corrected chi connectivity index (χ1v) is 11.2. The number of hydrogen-bond acceptors (Lipinski definition) is 4. The lowest BCUT2D eigenvalue weighted by molar-refractivity contribution is 0.0696. The summed E-state index contributed by atoms with van der Waals surface area (Å²) in [6.45, 7) is 1.38. The lowest BCUT2D eigenvalue weighted by atomic mass is 9.98. The van der Waals surface area contributed by atoms with E-state index in [1.807, 2.05) is 24.3 Å². The zero-order valence-electron chi connectivity index (χ0n) is 18.5. The van der Waals surface area contributed by atoms with Gasteiger partial charge in [0.25, 0.3) is 5.91 Å². The van der Waals surface area contributed by atoms with Crippen molar-refractivity contribution in [3.05, 3.63) is 106 Å². The van der Waals surface area contributed by atoms with Crippen molar-refractivity contribution in [2.45, 2.75) is 19.4 Å². The Morgan fingerprint density at radius 2 is 1.62 bits per heavy atom. The number of nitrogens with one attached hydrogen (secondary N) is 2. The van der Waals surface area contributed by atoms with Gasteiger partial charge in [0.15, 0.2) is 0 Å². The maximum atomic E-state index is 12.8. The Kier molecular flexibility index (Phi) is 5.64. The number of carbonyl (C=O) groups is 2. The SMILES string of the molecule is O=C(O)c1ccc(Cc2ccc3ccc(C(=O)NCc4ccc5c(c4)CCN5)cc3c2O)cc1. The van der Waals surface area contributed by atoms with Crippen molar-refractivity contribution < 1.29 is 19.8 Å². The minimum Gasteiger partial charge on any atom is -0.507 e. The van der Waals surface area contributed by atoms with Gasteiger partial charge in [0, 0.05) is 36.1 Å². The highest BCUT2D eigenvalue weighted by Crippen LogP contribution is 2.31. The lowest BCUT2D eigenvalue weighted by Crippen LogP contribution is -2.22. The van der Waals surface area contributed by atoms with Crippen molar-refractivity contribution in [3.63, 3.8) is 0 Å². The molecule has 0 saturated heterocycles. The second-order valence-corrected chi connectivity index (χ2v) is 8.54. The Balaban J connectivity index is 1.34. The molecule has 0 radical (unpaired) electrons. The summed E-state index contributed by atoms with van der Waals surface area (Å²) in [5, 5.41) is 27.7. The summed E-state index contributed by atoms with van der Waals surface area (Å²) in [5.74, 6) is -1.05. The molecule has 0 aliphatic carbocycles. The van der Waals surface area contributed by atoms with Gasteiger partial charge in [-0.25, -0.2) is 4.79 Å². The zero-order valence-corrected chi connectivity index (χ0v) is 18.5. The third-order valence-corrected chi connectivity index (χ3v) is 6.27. The number of fused-ring (bicyclic) bond motifs is 2. The molecule has 170 valence electrons. The first kappa shape index (κ1) is 21.5. The maximum Gasteiger partial charge on any atom is 0.335 e. The largest absolute Gasteiger partial charge is 0.507 e. The molecule has 4 aromatic carbocycles. The molecule has 4 aromatic rings. The van der Waals surface area contributed by atoms with Crippen LogP contribution in [0.2, 0.25) is 0 Å². The van der Waals surface area contributed by atoms with Crippen LogP contribution in [0.4, 0.5) is 5.69 Å². The molecule has 0 saturated carbocycles. The van der Waals surface area contributed by atoms with Gasteiger partial charge in [-0.05, 0) is 64.4 Å². The van der Waals surface area contributed by atoms with Crippen LogP contribution in [0.25, 0.3) is 10.8 Å². The number of aromatic hydroxyl groups is 1. The van der Waals surface area contributed by atoms with Gasteiger partial charge in [-0.15, -0.1) is 0 Å². The maximum absolute atomic E-state index is 12.8. The van der Waals surface area contributed by atoms with Gasteiger partial charge in [-0.3, -0.25) is 4.79 Å². The number of benzene rings is 4. The molecule has 0 spiro atoms. The monoisotopic (exact) mass is 452 g/mol. The molecule has 4 N–H and O–H groups in total. The molecular formula is C28H24N2O4. The van der Waals surface area contributed by atoms with Gasteiger partial charge in [0.2, 0.25) is 0 Å². The summed E-state index contributed by atoms with van der Waals surface area (Å²) in [6.07, 6.45) is 1.44. The third kappa shape index (κ3) is 4.30. The van der Waals surface area contributed by atoms with Crippen LogP contribution in [0.3, 0.4) is 0 Å². The van der Waals surface area contributed by atoms with Crippen molar-refractivity contribution in [2.75, 3.05) is 11.9 Å². The molecule has 0 atom stereocenters. The van der Waals surface area contributed by atoms with E-state index < -0.39 is 5.97 Å². The molecule has 6 nitrogen and oxygen atoms in total. The Labute approximate surface area is 196 Å². The number of anilines is 1. The summed E-state index contributed by atoms with van der Waals surface area (Å²) in [7, 11) is 0. The zero-order chi connectivity index (χ0) is 23.7. The van der Waals surface area contributed by atoms with E-state index in [1.165, 1.54) is 5.56 Å². The summed E-state index contributed by atoms with van der Waals surface area (Å²) >= 11 is 0. The van der Waals surface area contributed by atoms with E-state index in [0.29, 0.717) is 29.5 Å². The van der Waals surface area contributed by atoms with Gasteiger partial charge >= 0.3 is 5.97 Å². The molecule has 1 amide bonds. The second kappa shape index (κ2) is 8.90. The third-order valence-electron chi connectivity index (χ3n) is 6.27. The molecule has 0 unspecified atom stereocenters. The highest BCUT2D eigenvalue weighted by molar-refractivity contribution is 6.00. The number of aromatic carboxylic acids is 1. The van der Waals surface area contributed by atoms with E-state index >= 15 is 0 Å². The number of amides is 1. The van der Waals surface area contributed by atoms with Crippen molar-refractivity contribution in [1.82, 2.24) is 5.32 Å². The first-order valence-electron chi connectivity index (χ1n) is 11.2. The number of hydrogen-bond donors (Lipinski definition) is 4. The smallest absolute Gasteiger partial charge is 0.335 e. The Morgan fingerprint density at radius 3 is 2.41 bits per heavy atom. The molecule has 0 fully saturated rings. The van der Waals surface area contributed by atoms with Gasteiger partial charge in [0.1, 0.15) is 5.75 Å². The van der Waals surface area contributed by atoms with Crippen LogP contribution >= 0.6 is 0 Å². The van der Waals surface area contributed by atoms with Crippen LogP contribution in [-0.4, -0.2) is 28.6 Å². The Bertz CT molecular complexity index is 1410. The molecule has 34 heavy (non-hydrogen) atoms. The number of carboxylic acids is 1. The molecule has 1 heterocycles. The van der Waals surface area contributed by atoms with Gasteiger partial charge in [-0.2, -0.15) is 0 Å². The predicted molar refractivity (Wildman–Crippen MR) is 132 cm³/mol. The standard InChI is InChI=1S/C28H24N2O4/c31-26-22(13-17-1-4-20(5-2-17)28(33)34)8-6-19-7-9-23(15-24(19)26)27(32)30-16-18-3-10-25-21(14-18)11-12-29-25/h1-10,14-15,29,31H,11-13,16H2,(H,30,32)(H,33,34). The quantitative estimate of drug-likeness (QED) is 0.339. The topological polar surface area (TPSA) is 98.7 Å². The summed E-state index contributed by atoms with van der Waals surface area (Å²) in [6, 6.07) is 21.8. The van der Waals surface area contributed by atoms with E-state index in [2.05, 4.69) is 22.8 Å². The minimum absolute atomic E-state index is 0.126. The van der Waals surface area contributed by atoms with E-state index in [9.17, 15) is 14.7 Å². The Morgan fingerprint density at radius 1 is 0.882 bits per heavy atom. The molecule has 0 bridgehead atoms. The molecule has 1 aliphatic heterocycles. The number of rotatable bonds is 6. The van der Waals surface area contributed by atoms with Gasteiger partial charge < -0.3 is 20.8 Å². The average Bonchev–Trinajstić information content (AvgIpc) is 3.32. The predicted octanol–water partition coefficient (Wildman–Crippen LogP) is 4.73. The van der Waals surface area contributed by atoms with Gasteiger partial charge in [-0.1, -0.05) is 42.5 Å².